The Kier molecular flexibility index (Phi) is 5.31. The SMILES string of the molecule is O=C(/C=C/c1cccc(F)c1)OCc1nnc(-c2ccc([N+](=O)[O-])cc2)o1. The van der Waals surface area contributed by atoms with E-state index in [1.165, 1.54) is 48.5 Å². The van der Waals surface area contributed by atoms with E-state index in [2.05, 4.69) is 10.2 Å². The zero-order valence-electron chi connectivity index (χ0n) is 13.7. The summed E-state index contributed by atoms with van der Waals surface area (Å²) in [5, 5.41) is 18.2. The summed E-state index contributed by atoms with van der Waals surface area (Å²) in [5.74, 6) is -0.855. The third kappa shape index (κ3) is 4.82. The third-order valence-corrected chi connectivity index (χ3v) is 3.39. The summed E-state index contributed by atoms with van der Waals surface area (Å²) in [4.78, 5) is 21.8. The molecule has 0 saturated carbocycles. The van der Waals surface area contributed by atoms with Crippen LogP contribution in [-0.4, -0.2) is 21.1 Å². The molecule has 0 bridgehead atoms. The van der Waals surface area contributed by atoms with Crippen LogP contribution in [0.4, 0.5) is 10.1 Å². The van der Waals surface area contributed by atoms with Crippen molar-refractivity contribution in [3.05, 3.63) is 82.0 Å². The van der Waals surface area contributed by atoms with Crippen molar-refractivity contribution in [2.75, 3.05) is 0 Å². The second-order valence-corrected chi connectivity index (χ2v) is 5.30. The first kappa shape index (κ1) is 17.9. The van der Waals surface area contributed by atoms with Crippen molar-refractivity contribution in [2.45, 2.75) is 6.61 Å². The lowest BCUT2D eigenvalue weighted by molar-refractivity contribution is -0.384. The molecule has 136 valence electrons. The molecule has 0 aliphatic heterocycles. The topological polar surface area (TPSA) is 108 Å². The average molecular weight is 369 g/mol. The number of rotatable bonds is 6. The second kappa shape index (κ2) is 8.00. The van der Waals surface area contributed by atoms with Crippen LogP contribution >= 0.6 is 0 Å². The van der Waals surface area contributed by atoms with Gasteiger partial charge in [-0.25, -0.2) is 9.18 Å². The van der Waals surface area contributed by atoms with Crippen LogP contribution in [0.15, 0.2) is 59.0 Å². The largest absolute Gasteiger partial charge is 0.452 e. The standard InChI is InChI=1S/C18H12FN3O5/c19-14-3-1-2-12(10-14)4-9-17(23)26-11-16-20-21-18(27-16)13-5-7-15(8-6-13)22(24)25/h1-10H,11H2/b9-4+. The summed E-state index contributed by atoms with van der Waals surface area (Å²) in [5.41, 5.74) is 0.958. The van der Waals surface area contributed by atoms with Gasteiger partial charge in [-0.2, -0.15) is 0 Å². The number of nitro benzene ring substituents is 1. The molecule has 3 rings (SSSR count). The lowest BCUT2D eigenvalue weighted by atomic mass is 10.2. The zero-order valence-corrected chi connectivity index (χ0v) is 13.7. The van der Waals surface area contributed by atoms with E-state index in [-0.39, 0.29) is 24.1 Å². The van der Waals surface area contributed by atoms with Gasteiger partial charge in [-0.05, 0) is 35.9 Å². The molecule has 1 aromatic heterocycles. The fourth-order valence-electron chi connectivity index (χ4n) is 2.11. The van der Waals surface area contributed by atoms with Crippen LogP contribution in [0.25, 0.3) is 17.5 Å². The molecule has 0 radical (unpaired) electrons. The minimum atomic E-state index is -0.658. The number of hydrogen-bond donors (Lipinski definition) is 0. The van der Waals surface area contributed by atoms with Crippen LogP contribution in [0, 0.1) is 15.9 Å². The normalized spacial score (nSPS) is 10.9. The molecule has 0 saturated heterocycles. The first-order valence-electron chi connectivity index (χ1n) is 7.69. The summed E-state index contributed by atoms with van der Waals surface area (Å²) in [7, 11) is 0. The molecule has 1 heterocycles. The number of aromatic nitrogens is 2. The highest BCUT2D eigenvalue weighted by Gasteiger charge is 2.12. The molecular weight excluding hydrogens is 357 g/mol. The van der Waals surface area contributed by atoms with Gasteiger partial charge in [0.05, 0.1) is 4.92 Å². The Hall–Kier alpha value is -3.88. The Bertz CT molecular complexity index is 998. The Morgan fingerprint density at radius 1 is 1.22 bits per heavy atom. The highest BCUT2D eigenvalue weighted by molar-refractivity contribution is 5.86. The molecule has 9 heteroatoms. The van der Waals surface area contributed by atoms with Crippen molar-refractivity contribution in [3.8, 4) is 11.5 Å². The minimum Gasteiger partial charge on any atom is -0.452 e. The monoisotopic (exact) mass is 369 g/mol. The summed E-state index contributed by atoms with van der Waals surface area (Å²) < 4.78 is 23.4. The van der Waals surface area contributed by atoms with E-state index in [1.807, 2.05) is 0 Å². The van der Waals surface area contributed by atoms with Crippen LogP contribution in [0.2, 0.25) is 0 Å². The first-order chi connectivity index (χ1) is 13.0. The Morgan fingerprint density at radius 3 is 2.70 bits per heavy atom. The molecule has 0 aliphatic rings. The van der Waals surface area contributed by atoms with E-state index in [0.29, 0.717) is 11.1 Å². The second-order valence-electron chi connectivity index (χ2n) is 5.30. The Morgan fingerprint density at radius 2 is 2.00 bits per heavy atom. The fraction of sp³-hybridized carbons (Fsp3) is 0.0556. The van der Waals surface area contributed by atoms with E-state index >= 15 is 0 Å². The van der Waals surface area contributed by atoms with Gasteiger partial charge in [0.2, 0.25) is 5.89 Å². The van der Waals surface area contributed by atoms with Gasteiger partial charge in [-0.3, -0.25) is 10.1 Å². The minimum absolute atomic E-state index is 0.0579. The van der Waals surface area contributed by atoms with Gasteiger partial charge in [-0.15, -0.1) is 10.2 Å². The predicted molar refractivity (Wildman–Crippen MR) is 91.6 cm³/mol. The molecule has 0 N–H and O–H groups in total. The van der Waals surface area contributed by atoms with E-state index in [9.17, 15) is 19.3 Å². The molecule has 27 heavy (non-hydrogen) atoms. The maximum absolute atomic E-state index is 13.1. The van der Waals surface area contributed by atoms with Crippen LogP contribution in [-0.2, 0) is 16.1 Å². The fourth-order valence-corrected chi connectivity index (χ4v) is 2.11. The quantitative estimate of drug-likeness (QED) is 0.283. The molecule has 0 unspecified atom stereocenters. The van der Waals surface area contributed by atoms with Crippen molar-refractivity contribution in [1.82, 2.24) is 10.2 Å². The number of ether oxygens (including phenoxy) is 1. The highest BCUT2D eigenvalue weighted by Crippen LogP contribution is 2.21. The molecule has 8 nitrogen and oxygen atoms in total. The number of hydrogen-bond acceptors (Lipinski definition) is 7. The lowest BCUT2D eigenvalue weighted by Crippen LogP contribution is -2.00. The van der Waals surface area contributed by atoms with Crippen molar-refractivity contribution < 1.29 is 23.3 Å². The number of esters is 1. The van der Waals surface area contributed by atoms with E-state index in [0.717, 1.165) is 6.08 Å². The van der Waals surface area contributed by atoms with Gasteiger partial charge in [-0.1, -0.05) is 12.1 Å². The Labute approximate surface area is 152 Å². The number of nitro groups is 1. The number of non-ortho nitro benzene ring substituents is 1. The number of halogens is 1. The van der Waals surface area contributed by atoms with Crippen molar-refractivity contribution in [2.24, 2.45) is 0 Å². The van der Waals surface area contributed by atoms with Crippen molar-refractivity contribution >= 4 is 17.7 Å². The van der Waals surface area contributed by atoms with Gasteiger partial charge in [0.25, 0.3) is 11.6 Å². The summed E-state index contributed by atoms with van der Waals surface area (Å²) in [6, 6.07) is 11.3. The van der Waals surface area contributed by atoms with Gasteiger partial charge < -0.3 is 9.15 Å². The summed E-state index contributed by atoms with van der Waals surface area (Å²) >= 11 is 0. The molecule has 0 amide bonds. The molecule has 0 spiro atoms. The van der Waals surface area contributed by atoms with Crippen LogP contribution in [0.3, 0.4) is 0 Å². The average Bonchev–Trinajstić information content (AvgIpc) is 3.14. The zero-order chi connectivity index (χ0) is 19.2. The number of carbonyl (C=O) groups is 1. The van der Waals surface area contributed by atoms with Gasteiger partial charge in [0.15, 0.2) is 6.61 Å². The van der Waals surface area contributed by atoms with Gasteiger partial charge in [0, 0.05) is 23.8 Å². The lowest BCUT2D eigenvalue weighted by Gasteiger charge is -1.98. The number of nitrogens with zero attached hydrogens (tertiary/aromatic N) is 3. The summed E-state index contributed by atoms with van der Waals surface area (Å²) in [6.45, 7) is -0.244. The molecular formula is C18H12FN3O5. The van der Waals surface area contributed by atoms with E-state index < -0.39 is 16.7 Å². The predicted octanol–water partition coefficient (Wildman–Crippen LogP) is 3.54. The van der Waals surface area contributed by atoms with Crippen LogP contribution in [0.5, 0.6) is 0 Å². The first-order valence-corrected chi connectivity index (χ1v) is 7.69. The number of carbonyl (C=O) groups excluding carboxylic acids is 1. The van der Waals surface area contributed by atoms with Gasteiger partial charge >= 0.3 is 5.97 Å². The molecule has 0 atom stereocenters. The Balaban J connectivity index is 1.57. The smallest absolute Gasteiger partial charge is 0.331 e. The molecule has 3 aromatic rings. The molecule has 0 aliphatic carbocycles. The van der Waals surface area contributed by atoms with Gasteiger partial charge in [0.1, 0.15) is 5.82 Å². The maximum Gasteiger partial charge on any atom is 0.331 e. The van der Waals surface area contributed by atoms with E-state index in [1.54, 1.807) is 6.07 Å². The van der Waals surface area contributed by atoms with Crippen LogP contribution < -0.4 is 0 Å². The number of benzene rings is 2. The highest BCUT2D eigenvalue weighted by atomic mass is 19.1. The van der Waals surface area contributed by atoms with Crippen molar-refractivity contribution in [3.63, 3.8) is 0 Å². The molecule has 2 aromatic carbocycles. The maximum atomic E-state index is 13.1. The summed E-state index contributed by atoms with van der Waals surface area (Å²) in [6.07, 6.45) is 2.57. The third-order valence-electron chi connectivity index (χ3n) is 3.39. The molecule has 0 fully saturated rings. The van der Waals surface area contributed by atoms with Crippen molar-refractivity contribution in [1.29, 1.82) is 0 Å². The van der Waals surface area contributed by atoms with E-state index in [4.69, 9.17) is 9.15 Å². The van der Waals surface area contributed by atoms with Crippen LogP contribution in [0.1, 0.15) is 11.5 Å².